The van der Waals surface area contributed by atoms with Crippen molar-refractivity contribution in [1.29, 1.82) is 0 Å². The van der Waals surface area contributed by atoms with E-state index in [1.54, 1.807) is 12.1 Å². The number of ether oxygens (including phenoxy) is 1. The Morgan fingerprint density at radius 1 is 1.25 bits per heavy atom. The van der Waals surface area contributed by atoms with Gasteiger partial charge in [-0.3, -0.25) is 4.79 Å². The van der Waals surface area contributed by atoms with Gasteiger partial charge in [-0.2, -0.15) is 4.98 Å². The number of aryl methyl sites for hydroxylation is 1. The summed E-state index contributed by atoms with van der Waals surface area (Å²) in [5.74, 6) is 0.449. The number of aromatic nitrogens is 2. The van der Waals surface area contributed by atoms with Crippen LogP contribution in [0.3, 0.4) is 0 Å². The van der Waals surface area contributed by atoms with E-state index >= 15 is 0 Å². The molecule has 0 aliphatic rings. The zero-order chi connectivity index (χ0) is 17.1. The summed E-state index contributed by atoms with van der Waals surface area (Å²) in [5, 5.41) is 4.27. The summed E-state index contributed by atoms with van der Waals surface area (Å²) >= 11 is 5.86. The van der Waals surface area contributed by atoms with Crippen LogP contribution in [-0.4, -0.2) is 16.0 Å². The lowest BCUT2D eigenvalue weighted by Crippen LogP contribution is -2.13. The Labute approximate surface area is 143 Å². The molecule has 0 saturated carbocycles. The molecule has 0 bridgehead atoms. The van der Waals surface area contributed by atoms with Crippen LogP contribution in [0.5, 0.6) is 5.75 Å². The van der Waals surface area contributed by atoms with E-state index in [0.29, 0.717) is 22.5 Å². The maximum atomic E-state index is 11.4. The lowest BCUT2D eigenvalue weighted by atomic mass is 10.1. The van der Waals surface area contributed by atoms with Crippen molar-refractivity contribution in [2.45, 2.75) is 13.5 Å². The van der Waals surface area contributed by atoms with Gasteiger partial charge in [-0.05, 0) is 37.3 Å². The number of primary amides is 1. The average molecular weight is 344 g/mol. The third-order valence-electron chi connectivity index (χ3n) is 3.33. The minimum atomic E-state index is -0.624. The summed E-state index contributed by atoms with van der Waals surface area (Å²) in [4.78, 5) is 15.7. The SMILES string of the molecule is Cc1ccc(-c2nc(COc3ccc(Cl)cc3C(N)=O)no2)cc1. The number of carbonyl (C=O) groups is 1. The number of amides is 1. The van der Waals surface area contributed by atoms with Crippen molar-refractivity contribution in [2.24, 2.45) is 5.73 Å². The second kappa shape index (κ2) is 6.72. The molecule has 1 aromatic heterocycles. The average Bonchev–Trinajstić information content (AvgIpc) is 3.03. The van der Waals surface area contributed by atoms with Gasteiger partial charge in [-0.1, -0.05) is 34.5 Å². The molecule has 0 aliphatic carbocycles. The molecule has 122 valence electrons. The molecular formula is C17H14ClN3O3. The number of nitrogens with zero attached hydrogens (tertiary/aromatic N) is 2. The van der Waals surface area contributed by atoms with E-state index in [-0.39, 0.29) is 12.2 Å². The van der Waals surface area contributed by atoms with E-state index in [1.807, 2.05) is 31.2 Å². The maximum Gasteiger partial charge on any atom is 0.258 e. The summed E-state index contributed by atoms with van der Waals surface area (Å²) in [6, 6.07) is 12.4. The molecule has 0 radical (unpaired) electrons. The van der Waals surface area contributed by atoms with Crippen LogP contribution in [0, 0.1) is 6.92 Å². The van der Waals surface area contributed by atoms with Crippen LogP contribution in [0.2, 0.25) is 5.02 Å². The van der Waals surface area contributed by atoms with Gasteiger partial charge in [0.1, 0.15) is 5.75 Å². The van der Waals surface area contributed by atoms with Gasteiger partial charge in [0.25, 0.3) is 11.8 Å². The van der Waals surface area contributed by atoms with Gasteiger partial charge in [0.15, 0.2) is 6.61 Å². The Balaban J connectivity index is 1.74. The first-order valence-electron chi connectivity index (χ1n) is 7.15. The van der Waals surface area contributed by atoms with Gasteiger partial charge in [-0.15, -0.1) is 0 Å². The lowest BCUT2D eigenvalue weighted by molar-refractivity contribution is 0.0995. The van der Waals surface area contributed by atoms with Crippen LogP contribution in [0.25, 0.3) is 11.5 Å². The minimum absolute atomic E-state index is 0.0390. The highest BCUT2D eigenvalue weighted by atomic mass is 35.5. The number of carbonyl (C=O) groups excluding carboxylic acids is 1. The number of rotatable bonds is 5. The molecule has 1 heterocycles. The fourth-order valence-electron chi connectivity index (χ4n) is 2.09. The molecule has 0 unspecified atom stereocenters. The standard InChI is InChI=1S/C17H14ClN3O3/c1-10-2-4-11(5-3-10)17-20-15(21-24-17)9-23-14-7-6-12(18)8-13(14)16(19)22/h2-8H,9H2,1H3,(H2,19,22). The molecule has 0 aliphatic heterocycles. The number of hydrogen-bond acceptors (Lipinski definition) is 5. The Hall–Kier alpha value is -2.86. The number of nitrogens with two attached hydrogens (primary N) is 1. The van der Waals surface area contributed by atoms with Crippen molar-refractivity contribution in [2.75, 3.05) is 0 Å². The predicted molar refractivity (Wildman–Crippen MR) is 88.8 cm³/mol. The van der Waals surface area contributed by atoms with Gasteiger partial charge >= 0.3 is 0 Å². The molecule has 0 saturated heterocycles. The van der Waals surface area contributed by atoms with E-state index < -0.39 is 5.91 Å². The van der Waals surface area contributed by atoms with Crippen LogP contribution in [0.4, 0.5) is 0 Å². The first kappa shape index (κ1) is 16.0. The maximum absolute atomic E-state index is 11.4. The molecule has 24 heavy (non-hydrogen) atoms. The summed E-state index contributed by atoms with van der Waals surface area (Å²) in [7, 11) is 0. The van der Waals surface area contributed by atoms with Crippen molar-refractivity contribution in [3.8, 4) is 17.2 Å². The molecular weight excluding hydrogens is 330 g/mol. The van der Waals surface area contributed by atoms with Crippen LogP contribution in [-0.2, 0) is 6.61 Å². The number of halogens is 1. The Kier molecular flexibility index (Phi) is 4.48. The van der Waals surface area contributed by atoms with Crippen LogP contribution < -0.4 is 10.5 Å². The first-order valence-corrected chi connectivity index (χ1v) is 7.52. The summed E-state index contributed by atoms with van der Waals surface area (Å²) in [6.45, 7) is 2.04. The highest BCUT2D eigenvalue weighted by Crippen LogP contribution is 2.24. The van der Waals surface area contributed by atoms with Crippen LogP contribution in [0.1, 0.15) is 21.7 Å². The van der Waals surface area contributed by atoms with Gasteiger partial charge < -0.3 is 15.0 Å². The third kappa shape index (κ3) is 3.55. The Morgan fingerprint density at radius 2 is 2.00 bits per heavy atom. The summed E-state index contributed by atoms with van der Waals surface area (Å²) in [5.41, 5.74) is 7.48. The molecule has 0 spiro atoms. The third-order valence-corrected chi connectivity index (χ3v) is 3.57. The zero-order valence-corrected chi connectivity index (χ0v) is 13.6. The molecule has 0 fully saturated rings. The number of hydrogen-bond donors (Lipinski definition) is 1. The van der Waals surface area contributed by atoms with Crippen molar-refractivity contribution in [3.05, 3.63) is 64.4 Å². The number of benzene rings is 2. The van der Waals surface area contributed by atoms with E-state index in [0.717, 1.165) is 11.1 Å². The van der Waals surface area contributed by atoms with Gasteiger partial charge in [-0.25, -0.2) is 0 Å². The second-order valence-corrected chi connectivity index (χ2v) is 5.61. The molecule has 1 amide bonds. The van der Waals surface area contributed by atoms with Crippen molar-refractivity contribution in [1.82, 2.24) is 10.1 Å². The molecule has 6 nitrogen and oxygen atoms in total. The van der Waals surface area contributed by atoms with Crippen molar-refractivity contribution >= 4 is 17.5 Å². The molecule has 7 heteroatoms. The highest BCUT2D eigenvalue weighted by molar-refractivity contribution is 6.31. The van der Waals surface area contributed by atoms with Gasteiger partial charge in [0.2, 0.25) is 5.82 Å². The fourth-order valence-corrected chi connectivity index (χ4v) is 2.26. The summed E-state index contributed by atoms with van der Waals surface area (Å²) in [6.07, 6.45) is 0. The first-order chi connectivity index (χ1) is 11.5. The predicted octanol–water partition coefficient (Wildman–Crippen LogP) is 3.38. The van der Waals surface area contributed by atoms with Crippen molar-refractivity contribution < 1.29 is 14.1 Å². The van der Waals surface area contributed by atoms with E-state index in [9.17, 15) is 4.79 Å². The molecule has 3 aromatic rings. The molecule has 2 N–H and O–H groups in total. The minimum Gasteiger partial charge on any atom is -0.485 e. The summed E-state index contributed by atoms with van der Waals surface area (Å²) < 4.78 is 10.8. The fraction of sp³-hybridized carbons (Fsp3) is 0.118. The highest BCUT2D eigenvalue weighted by Gasteiger charge is 2.13. The largest absolute Gasteiger partial charge is 0.485 e. The smallest absolute Gasteiger partial charge is 0.258 e. The van der Waals surface area contributed by atoms with Crippen LogP contribution in [0.15, 0.2) is 47.0 Å². The van der Waals surface area contributed by atoms with Crippen molar-refractivity contribution in [3.63, 3.8) is 0 Å². The van der Waals surface area contributed by atoms with Gasteiger partial charge in [0.05, 0.1) is 5.56 Å². The lowest BCUT2D eigenvalue weighted by Gasteiger charge is -2.07. The second-order valence-electron chi connectivity index (χ2n) is 5.18. The van der Waals surface area contributed by atoms with E-state index in [2.05, 4.69) is 10.1 Å². The Bertz CT molecular complexity index is 875. The Morgan fingerprint density at radius 3 is 2.71 bits per heavy atom. The normalized spacial score (nSPS) is 10.6. The monoisotopic (exact) mass is 343 g/mol. The molecule has 3 rings (SSSR count). The topological polar surface area (TPSA) is 91.2 Å². The van der Waals surface area contributed by atoms with E-state index in [4.69, 9.17) is 26.6 Å². The molecule has 0 atom stereocenters. The molecule has 2 aromatic carbocycles. The van der Waals surface area contributed by atoms with Crippen LogP contribution >= 0.6 is 11.6 Å². The van der Waals surface area contributed by atoms with E-state index in [1.165, 1.54) is 6.07 Å². The zero-order valence-electron chi connectivity index (χ0n) is 12.8. The van der Waals surface area contributed by atoms with Gasteiger partial charge in [0, 0.05) is 10.6 Å². The quantitative estimate of drug-likeness (QED) is 0.766.